The highest BCUT2D eigenvalue weighted by Crippen LogP contribution is 2.24. The molecule has 0 radical (unpaired) electrons. The number of Topliss-reactive ketones (excluding diaryl/α,β-unsaturated/α-hetero) is 2. The van der Waals surface area contributed by atoms with Gasteiger partial charge in [0.15, 0.2) is 0 Å². The number of fused-ring (bicyclic) bond motifs is 2. The average Bonchev–Trinajstić information content (AvgIpc) is 3.38. The van der Waals surface area contributed by atoms with E-state index < -0.39 is 5.78 Å². The number of nitrogens with one attached hydrogen (secondary N) is 1. The van der Waals surface area contributed by atoms with E-state index in [0.29, 0.717) is 5.56 Å². The van der Waals surface area contributed by atoms with Crippen LogP contribution in [0.25, 0.3) is 10.9 Å². The van der Waals surface area contributed by atoms with E-state index in [1.54, 1.807) is 6.20 Å². The van der Waals surface area contributed by atoms with Gasteiger partial charge >= 0.3 is 0 Å². The van der Waals surface area contributed by atoms with E-state index >= 15 is 0 Å². The smallest absolute Gasteiger partial charge is 0.231 e. The lowest BCUT2D eigenvalue weighted by Crippen LogP contribution is -2.16. The van der Waals surface area contributed by atoms with Crippen LogP contribution in [-0.2, 0) is 24.3 Å². The van der Waals surface area contributed by atoms with Crippen molar-refractivity contribution in [2.75, 3.05) is 6.54 Å². The molecule has 1 aliphatic rings. The van der Waals surface area contributed by atoms with Gasteiger partial charge in [-0.2, -0.15) is 0 Å². The minimum absolute atomic E-state index is 0.151. The number of carbonyl (C=O) groups excluding carboxylic acids is 2. The summed E-state index contributed by atoms with van der Waals surface area (Å²) < 4.78 is 0. The molecule has 3 aromatic rings. The predicted molar refractivity (Wildman–Crippen MR) is 125 cm³/mol. The molecule has 2 heterocycles. The molecule has 0 bridgehead atoms. The van der Waals surface area contributed by atoms with Crippen molar-refractivity contribution in [1.29, 1.82) is 0 Å². The Balaban J connectivity index is 0.000000590. The SMILES string of the molecule is CC.CCC.CCN1Cc2ccc(CC(=O)C(=O)c3c[nH]c4ccccc34)cc2C1. The van der Waals surface area contributed by atoms with E-state index in [1.165, 1.54) is 17.5 Å². The first-order valence-electron chi connectivity index (χ1n) is 11.0. The van der Waals surface area contributed by atoms with Gasteiger partial charge in [0.1, 0.15) is 0 Å². The topological polar surface area (TPSA) is 53.2 Å². The van der Waals surface area contributed by atoms with Crippen molar-refractivity contribution in [3.05, 3.63) is 70.9 Å². The number of nitrogens with zero attached hydrogens (tertiary/aromatic N) is 1. The van der Waals surface area contributed by atoms with Gasteiger partial charge in [0, 0.05) is 36.6 Å². The number of rotatable bonds is 5. The summed E-state index contributed by atoms with van der Waals surface area (Å²) in [5.74, 6) is -0.789. The maximum absolute atomic E-state index is 12.6. The molecule has 1 N–H and O–H groups in total. The second-order valence-corrected chi connectivity index (χ2v) is 7.29. The fraction of sp³-hybridized carbons (Fsp3) is 0.385. The van der Waals surface area contributed by atoms with Crippen molar-refractivity contribution in [2.24, 2.45) is 0 Å². The van der Waals surface area contributed by atoms with Gasteiger partial charge in [-0.3, -0.25) is 14.5 Å². The summed E-state index contributed by atoms with van der Waals surface area (Å²) in [5.41, 5.74) is 4.83. The summed E-state index contributed by atoms with van der Waals surface area (Å²) in [6, 6.07) is 13.7. The Kier molecular flexibility index (Phi) is 9.00. The molecule has 0 unspecified atom stereocenters. The normalized spacial score (nSPS) is 12.4. The van der Waals surface area contributed by atoms with Gasteiger partial charge < -0.3 is 4.98 Å². The Hall–Kier alpha value is -2.72. The Morgan fingerprint density at radius 3 is 2.33 bits per heavy atom. The van der Waals surface area contributed by atoms with Crippen molar-refractivity contribution in [2.45, 2.75) is 60.5 Å². The van der Waals surface area contributed by atoms with E-state index in [2.05, 4.69) is 42.8 Å². The van der Waals surface area contributed by atoms with E-state index in [4.69, 9.17) is 0 Å². The van der Waals surface area contributed by atoms with E-state index in [-0.39, 0.29) is 12.2 Å². The number of hydrogen-bond acceptors (Lipinski definition) is 3. The Bertz CT molecular complexity index is 988. The van der Waals surface area contributed by atoms with Crippen molar-refractivity contribution >= 4 is 22.5 Å². The number of benzene rings is 2. The second kappa shape index (κ2) is 11.5. The molecule has 4 nitrogen and oxygen atoms in total. The number of hydrogen-bond donors (Lipinski definition) is 1. The number of carbonyl (C=O) groups is 2. The molecule has 160 valence electrons. The van der Waals surface area contributed by atoms with Gasteiger partial charge in [-0.25, -0.2) is 0 Å². The minimum Gasteiger partial charge on any atom is -0.360 e. The summed E-state index contributed by atoms with van der Waals surface area (Å²) in [5, 5.41) is 0.799. The maximum Gasteiger partial charge on any atom is 0.231 e. The largest absolute Gasteiger partial charge is 0.360 e. The zero-order chi connectivity index (χ0) is 22.1. The summed E-state index contributed by atoms with van der Waals surface area (Å²) >= 11 is 0. The molecule has 1 aliphatic heterocycles. The summed E-state index contributed by atoms with van der Waals surface area (Å²) in [4.78, 5) is 30.5. The van der Waals surface area contributed by atoms with Crippen molar-refractivity contribution in [3.63, 3.8) is 0 Å². The molecule has 0 aliphatic carbocycles. The number of aromatic amines is 1. The fourth-order valence-electron chi connectivity index (χ4n) is 3.53. The monoisotopic (exact) mass is 406 g/mol. The van der Waals surface area contributed by atoms with Crippen molar-refractivity contribution in [3.8, 4) is 0 Å². The van der Waals surface area contributed by atoms with E-state index in [1.807, 2.05) is 44.2 Å². The third-order valence-corrected chi connectivity index (χ3v) is 4.96. The highest BCUT2D eigenvalue weighted by molar-refractivity contribution is 6.46. The van der Waals surface area contributed by atoms with Gasteiger partial charge in [0.25, 0.3) is 0 Å². The number of ketones is 2. The zero-order valence-corrected chi connectivity index (χ0v) is 18.9. The average molecular weight is 407 g/mol. The third kappa shape index (κ3) is 5.45. The molecule has 0 saturated heterocycles. The van der Waals surface area contributed by atoms with Gasteiger partial charge in [0.2, 0.25) is 11.6 Å². The molecule has 4 heteroatoms. The molecule has 0 saturated carbocycles. The Labute approximate surface area is 180 Å². The van der Waals surface area contributed by atoms with Crippen LogP contribution < -0.4 is 0 Å². The van der Waals surface area contributed by atoms with Crippen LogP contribution in [0.15, 0.2) is 48.7 Å². The quantitative estimate of drug-likeness (QED) is 0.421. The summed E-state index contributed by atoms with van der Waals surface area (Å²) in [7, 11) is 0. The molecule has 0 amide bonds. The lowest BCUT2D eigenvalue weighted by atomic mass is 9.98. The molecular weight excluding hydrogens is 372 g/mol. The number of aromatic nitrogens is 1. The van der Waals surface area contributed by atoms with E-state index in [0.717, 1.165) is 36.1 Å². The molecular formula is C26H34N2O2. The first kappa shape index (κ1) is 23.6. The number of para-hydroxylation sites is 1. The number of H-pyrrole nitrogens is 1. The predicted octanol–water partition coefficient (Wildman–Crippen LogP) is 5.94. The fourth-order valence-corrected chi connectivity index (χ4v) is 3.53. The van der Waals surface area contributed by atoms with Crippen LogP contribution >= 0.6 is 0 Å². The van der Waals surface area contributed by atoms with Crippen LogP contribution in [0, 0.1) is 0 Å². The van der Waals surface area contributed by atoms with Crippen LogP contribution in [-0.4, -0.2) is 28.0 Å². The summed E-state index contributed by atoms with van der Waals surface area (Å²) in [6.07, 6.45) is 3.03. The van der Waals surface area contributed by atoms with Gasteiger partial charge in [0.05, 0.1) is 5.56 Å². The van der Waals surface area contributed by atoms with Crippen LogP contribution in [0.2, 0.25) is 0 Å². The van der Waals surface area contributed by atoms with Crippen LogP contribution in [0.1, 0.15) is 68.1 Å². The van der Waals surface area contributed by atoms with Gasteiger partial charge in [-0.1, -0.05) is 77.4 Å². The molecule has 1 aromatic heterocycles. The van der Waals surface area contributed by atoms with Gasteiger partial charge in [-0.05, 0) is 29.3 Å². The molecule has 30 heavy (non-hydrogen) atoms. The lowest BCUT2D eigenvalue weighted by Gasteiger charge is -2.09. The molecule has 0 fully saturated rings. The van der Waals surface area contributed by atoms with Crippen molar-refractivity contribution < 1.29 is 9.59 Å². The maximum atomic E-state index is 12.6. The molecule has 4 rings (SSSR count). The Morgan fingerprint density at radius 1 is 0.967 bits per heavy atom. The van der Waals surface area contributed by atoms with Crippen LogP contribution in [0.3, 0.4) is 0 Å². The second-order valence-electron chi connectivity index (χ2n) is 7.29. The third-order valence-electron chi connectivity index (χ3n) is 4.96. The first-order valence-corrected chi connectivity index (χ1v) is 11.0. The minimum atomic E-state index is -0.423. The highest BCUT2D eigenvalue weighted by Gasteiger charge is 2.22. The van der Waals surface area contributed by atoms with E-state index in [9.17, 15) is 9.59 Å². The van der Waals surface area contributed by atoms with Crippen LogP contribution in [0.4, 0.5) is 0 Å². The van der Waals surface area contributed by atoms with Crippen molar-refractivity contribution in [1.82, 2.24) is 9.88 Å². The summed E-state index contributed by atoms with van der Waals surface area (Å²) in [6.45, 7) is 13.3. The highest BCUT2D eigenvalue weighted by atomic mass is 16.2. The van der Waals surface area contributed by atoms with Gasteiger partial charge in [-0.15, -0.1) is 0 Å². The molecule has 2 aromatic carbocycles. The zero-order valence-electron chi connectivity index (χ0n) is 18.9. The Morgan fingerprint density at radius 2 is 1.63 bits per heavy atom. The van der Waals surface area contributed by atoms with Crippen LogP contribution in [0.5, 0.6) is 0 Å². The standard InChI is InChI=1S/C21H20N2O2.C3H8.C2H6/c1-2-23-12-15-8-7-14(9-16(15)13-23)10-20(24)21(25)18-11-22-19-6-4-3-5-17(18)19;1-3-2;1-2/h3-9,11,22H,2,10,12-13H2,1H3;3H2,1-2H3;1-2H3. The molecule has 0 spiro atoms. The lowest BCUT2D eigenvalue weighted by molar-refractivity contribution is -0.114. The first-order chi connectivity index (χ1) is 14.6. The molecule has 0 atom stereocenters.